The van der Waals surface area contributed by atoms with E-state index in [2.05, 4.69) is 17.1 Å². The van der Waals surface area contributed by atoms with Gasteiger partial charge in [0.2, 0.25) is 5.91 Å². The Labute approximate surface area is 206 Å². The molecule has 0 saturated carbocycles. The van der Waals surface area contributed by atoms with Gasteiger partial charge in [0.25, 0.3) is 0 Å². The first kappa shape index (κ1) is 24.3. The number of hydrogen-bond donors (Lipinski definition) is 1. The molecule has 1 amide bonds. The third-order valence-corrected chi connectivity index (χ3v) is 7.44. The van der Waals surface area contributed by atoms with Crippen molar-refractivity contribution in [2.24, 2.45) is 5.92 Å². The van der Waals surface area contributed by atoms with Gasteiger partial charge >= 0.3 is 0 Å². The Morgan fingerprint density at radius 1 is 1.12 bits per heavy atom. The maximum atomic E-state index is 13.5. The second-order valence-corrected chi connectivity index (χ2v) is 10.0. The molecule has 33 heavy (non-hydrogen) atoms. The number of carbonyl (C=O) groups is 1. The van der Waals surface area contributed by atoms with Gasteiger partial charge in [0.05, 0.1) is 5.41 Å². The van der Waals surface area contributed by atoms with Crippen LogP contribution in [0.15, 0.2) is 42.5 Å². The number of nitrogens with one attached hydrogen (secondary N) is 1. The summed E-state index contributed by atoms with van der Waals surface area (Å²) in [6.45, 7) is 7.25. The van der Waals surface area contributed by atoms with E-state index < -0.39 is 5.41 Å². The van der Waals surface area contributed by atoms with Crippen LogP contribution in [0.4, 0.5) is 5.69 Å². The number of amides is 1. The lowest BCUT2D eigenvalue weighted by atomic mass is 9.73. The lowest BCUT2D eigenvalue weighted by molar-refractivity contribution is -0.125. The first-order chi connectivity index (χ1) is 16.0. The highest BCUT2D eigenvalue weighted by atomic mass is 35.5. The molecule has 0 unspecified atom stereocenters. The molecule has 7 heteroatoms. The summed E-state index contributed by atoms with van der Waals surface area (Å²) in [6, 6.07) is 12.9. The highest BCUT2D eigenvalue weighted by Gasteiger charge is 2.43. The third-order valence-electron chi connectivity index (χ3n) is 6.89. The SMILES string of the molecule is CC1CCN(CCOc2ccc(NC(=O)C3(c4ccc(Cl)cc4Cl)CCOCC3)cc2)CC1. The standard InChI is InChI=1S/C26H32Cl2N2O3/c1-19-8-12-30(13-9-19)14-17-33-22-5-3-21(4-6-22)29-25(31)26(10-15-32-16-11-26)23-7-2-20(27)18-24(23)28/h2-7,18-19H,8-17H2,1H3,(H,29,31). The van der Waals surface area contributed by atoms with Gasteiger partial charge in [0.15, 0.2) is 0 Å². The molecule has 5 nitrogen and oxygen atoms in total. The molecule has 2 heterocycles. The summed E-state index contributed by atoms with van der Waals surface area (Å²) < 4.78 is 11.5. The molecule has 0 aliphatic carbocycles. The van der Waals surface area contributed by atoms with Gasteiger partial charge < -0.3 is 14.8 Å². The maximum absolute atomic E-state index is 13.5. The average Bonchev–Trinajstić information content (AvgIpc) is 2.82. The lowest BCUT2D eigenvalue weighted by Gasteiger charge is -2.36. The van der Waals surface area contributed by atoms with Gasteiger partial charge in [-0.2, -0.15) is 0 Å². The van der Waals surface area contributed by atoms with Gasteiger partial charge in [-0.3, -0.25) is 9.69 Å². The quantitative estimate of drug-likeness (QED) is 0.533. The molecule has 0 spiro atoms. The summed E-state index contributed by atoms with van der Waals surface area (Å²) in [6.07, 6.45) is 3.67. The van der Waals surface area contributed by atoms with Crippen molar-refractivity contribution in [3.05, 3.63) is 58.1 Å². The largest absolute Gasteiger partial charge is 0.492 e. The number of likely N-dealkylation sites (tertiary alicyclic amines) is 1. The summed E-state index contributed by atoms with van der Waals surface area (Å²) in [5, 5.41) is 4.14. The average molecular weight is 491 g/mol. The van der Waals surface area contributed by atoms with Gasteiger partial charge in [0, 0.05) is 35.5 Å². The highest BCUT2D eigenvalue weighted by Crippen LogP contribution is 2.40. The molecule has 2 aromatic rings. The number of carbonyl (C=O) groups excluding carboxylic acids is 1. The fourth-order valence-electron chi connectivity index (χ4n) is 4.68. The van der Waals surface area contributed by atoms with E-state index in [1.54, 1.807) is 12.1 Å². The minimum absolute atomic E-state index is 0.0805. The molecule has 2 aliphatic rings. The van der Waals surface area contributed by atoms with E-state index in [-0.39, 0.29) is 5.91 Å². The van der Waals surface area contributed by atoms with E-state index in [0.29, 0.717) is 42.7 Å². The van der Waals surface area contributed by atoms with Crippen molar-refractivity contribution in [2.45, 2.75) is 38.0 Å². The van der Waals surface area contributed by atoms with Crippen LogP contribution in [0.3, 0.4) is 0 Å². The van der Waals surface area contributed by atoms with Crippen molar-refractivity contribution in [1.29, 1.82) is 0 Å². The van der Waals surface area contributed by atoms with E-state index in [0.717, 1.165) is 42.6 Å². The Balaban J connectivity index is 1.37. The van der Waals surface area contributed by atoms with E-state index in [1.807, 2.05) is 30.3 Å². The number of anilines is 1. The zero-order valence-corrected chi connectivity index (χ0v) is 20.6. The molecular formula is C26H32Cl2N2O3. The summed E-state index contributed by atoms with van der Waals surface area (Å²) in [5.74, 6) is 1.56. The Kier molecular flexibility index (Phi) is 8.18. The summed E-state index contributed by atoms with van der Waals surface area (Å²) in [5.41, 5.74) is 0.774. The number of rotatable bonds is 7. The second kappa shape index (κ2) is 11.1. The fourth-order valence-corrected chi connectivity index (χ4v) is 5.27. The Morgan fingerprint density at radius 3 is 2.48 bits per heavy atom. The molecule has 4 rings (SSSR count). The first-order valence-electron chi connectivity index (χ1n) is 11.8. The molecule has 0 radical (unpaired) electrons. The van der Waals surface area contributed by atoms with E-state index in [1.165, 1.54) is 12.8 Å². The summed E-state index contributed by atoms with van der Waals surface area (Å²) in [4.78, 5) is 15.9. The van der Waals surface area contributed by atoms with Crippen molar-refractivity contribution in [2.75, 3.05) is 44.8 Å². The zero-order valence-electron chi connectivity index (χ0n) is 19.1. The normalized spacial score (nSPS) is 19.2. The van der Waals surface area contributed by atoms with Gasteiger partial charge in [-0.25, -0.2) is 0 Å². The van der Waals surface area contributed by atoms with Crippen LogP contribution in [0.2, 0.25) is 10.0 Å². The van der Waals surface area contributed by atoms with E-state index in [4.69, 9.17) is 32.7 Å². The summed E-state index contributed by atoms with van der Waals surface area (Å²) >= 11 is 12.6. The molecule has 0 aromatic heterocycles. The molecular weight excluding hydrogens is 459 g/mol. The van der Waals surface area contributed by atoms with Crippen LogP contribution in [0, 0.1) is 5.92 Å². The number of ether oxygens (including phenoxy) is 2. The molecule has 2 aliphatic heterocycles. The maximum Gasteiger partial charge on any atom is 0.235 e. The lowest BCUT2D eigenvalue weighted by Crippen LogP contribution is -2.45. The van der Waals surface area contributed by atoms with Crippen molar-refractivity contribution in [3.8, 4) is 5.75 Å². The monoisotopic (exact) mass is 490 g/mol. The van der Waals surface area contributed by atoms with Gasteiger partial charge in [-0.05, 0) is 86.7 Å². The van der Waals surface area contributed by atoms with Crippen molar-refractivity contribution < 1.29 is 14.3 Å². The van der Waals surface area contributed by atoms with Crippen LogP contribution < -0.4 is 10.1 Å². The fraction of sp³-hybridized carbons (Fsp3) is 0.500. The van der Waals surface area contributed by atoms with Gasteiger partial charge in [-0.1, -0.05) is 36.2 Å². The Morgan fingerprint density at radius 2 is 1.82 bits per heavy atom. The van der Waals surface area contributed by atoms with Crippen LogP contribution >= 0.6 is 23.2 Å². The van der Waals surface area contributed by atoms with Gasteiger partial charge in [0.1, 0.15) is 12.4 Å². The van der Waals surface area contributed by atoms with Crippen molar-refractivity contribution in [1.82, 2.24) is 4.90 Å². The smallest absolute Gasteiger partial charge is 0.235 e. The number of hydrogen-bond acceptors (Lipinski definition) is 4. The van der Waals surface area contributed by atoms with Crippen LogP contribution in [0.1, 0.15) is 38.2 Å². The van der Waals surface area contributed by atoms with Crippen molar-refractivity contribution in [3.63, 3.8) is 0 Å². The van der Waals surface area contributed by atoms with Crippen LogP contribution in [-0.4, -0.2) is 50.3 Å². The third kappa shape index (κ3) is 6.02. The molecule has 1 N–H and O–H groups in total. The van der Waals surface area contributed by atoms with Crippen LogP contribution in [-0.2, 0) is 14.9 Å². The Hall–Kier alpha value is -1.79. The summed E-state index contributed by atoms with van der Waals surface area (Å²) in [7, 11) is 0. The second-order valence-electron chi connectivity index (χ2n) is 9.17. The van der Waals surface area contributed by atoms with Crippen LogP contribution in [0.5, 0.6) is 5.75 Å². The number of nitrogens with zero attached hydrogens (tertiary/aromatic N) is 1. The molecule has 2 aromatic carbocycles. The van der Waals surface area contributed by atoms with E-state index in [9.17, 15) is 4.79 Å². The van der Waals surface area contributed by atoms with Crippen molar-refractivity contribution >= 4 is 34.8 Å². The topological polar surface area (TPSA) is 50.8 Å². The first-order valence-corrected chi connectivity index (χ1v) is 12.5. The molecule has 0 bridgehead atoms. The molecule has 2 saturated heterocycles. The minimum atomic E-state index is -0.749. The number of halogens is 2. The van der Waals surface area contributed by atoms with E-state index >= 15 is 0 Å². The Bertz CT molecular complexity index is 937. The van der Waals surface area contributed by atoms with Gasteiger partial charge in [-0.15, -0.1) is 0 Å². The zero-order chi connectivity index (χ0) is 23.3. The highest BCUT2D eigenvalue weighted by molar-refractivity contribution is 6.35. The predicted molar refractivity (Wildman–Crippen MR) is 134 cm³/mol. The van der Waals surface area contributed by atoms with Crippen LogP contribution in [0.25, 0.3) is 0 Å². The number of piperidine rings is 1. The minimum Gasteiger partial charge on any atom is -0.492 e. The predicted octanol–water partition coefficient (Wildman–Crippen LogP) is 5.79. The molecule has 2 fully saturated rings. The number of benzene rings is 2. The molecule has 0 atom stereocenters. The molecule has 178 valence electrons.